The number of sulfone groups is 1. The summed E-state index contributed by atoms with van der Waals surface area (Å²) in [6.45, 7) is 10.4. The highest BCUT2D eigenvalue weighted by Gasteiger charge is 2.37. The first-order chi connectivity index (χ1) is 10.1. The van der Waals surface area contributed by atoms with E-state index < -0.39 is 14.6 Å². The fourth-order valence-electron chi connectivity index (χ4n) is 2.44. The molecule has 22 heavy (non-hydrogen) atoms. The van der Waals surface area contributed by atoms with Gasteiger partial charge < -0.3 is 4.74 Å². The quantitative estimate of drug-likeness (QED) is 0.753. The molecule has 126 valence electrons. The monoisotopic (exact) mass is 331 g/mol. The van der Waals surface area contributed by atoms with Crippen molar-refractivity contribution in [1.82, 2.24) is 25.1 Å². The van der Waals surface area contributed by atoms with Crippen molar-refractivity contribution in [3.8, 4) is 0 Å². The van der Waals surface area contributed by atoms with Gasteiger partial charge in [0.05, 0.1) is 18.8 Å². The van der Waals surface area contributed by atoms with Gasteiger partial charge in [-0.1, -0.05) is 0 Å². The fraction of sp³-hybridized carbons (Fsp3) is 0.923. The molecule has 1 saturated heterocycles. The summed E-state index contributed by atoms with van der Waals surface area (Å²) < 4.78 is 28.2. The number of morpholine rings is 1. The third kappa shape index (κ3) is 3.82. The summed E-state index contributed by atoms with van der Waals surface area (Å²) >= 11 is 0. The van der Waals surface area contributed by atoms with Crippen molar-refractivity contribution in [3.63, 3.8) is 0 Å². The van der Waals surface area contributed by atoms with Gasteiger partial charge in [0.25, 0.3) is 0 Å². The summed E-state index contributed by atoms with van der Waals surface area (Å²) in [4.78, 5) is 3.76. The molecule has 0 amide bonds. The van der Waals surface area contributed by atoms with E-state index in [9.17, 15) is 8.42 Å². The molecule has 9 heteroatoms. The van der Waals surface area contributed by atoms with Crippen LogP contribution in [-0.4, -0.2) is 71.6 Å². The van der Waals surface area contributed by atoms with Crippen molar-refractivity contribution in [2.75, 3.05) is 25.9 Å². The van der Waals surface area contributed by atoms with Gasteiger partial charge in [-0.05, 0) is 32.9 Å². The number of rotatable bonds is 5. The lowest BCUT2D eigenvalue weighted by Crippen LogP contribution is -2.46. The van der Waals surface area contributed by atoms with Gasteiger partial charge in [-0.15, -0.1) is 10.2 Å². The van der Waals surface area contributed by atoms with E-state index in [1.165, 1.54) is 11.1 Å². The molecule has 2 atom stereocenters. The van der Waals surface area contributed by atoms with Crippen molar-refractivity contribution in [2.45, 2.75) is 51.2 Å². The Morgan fingerprint density at radius 3 is 2.36 bits per heavy atom. The van der Waals surface area contributed by atoms with Crippen molar-refractivity contribution in [2.24, 2.45) is 0 Å². The highest BCUT2D eigenvalue weighted by molar-refractivity contribution is 7.91. The summed E-state index contributed by atoms with van der Waals surface area (Å²) in [5, 5.41) is 12.1. The molecule has 2 heterocycles. The van der Waals surface area contributed by atoms with E-state index in [1.54, 1.807) is 13.8 Å². The average molecular weight is 331 g/mol. The van der Waals surface area contributed by atoms with E-state index >= 15 is 0 Å². The second-order valence-corrected chi connectivity index (χ2v) is 9.07. The van der Waals surface area contributed by atoms with Crippen LogP contribution in [0.25, 0.3) is 0 Å². The summed E-state index contributed by atoms with van der Waals surface area (Å²) in [6.07, 6.45) is 1.61. The average Bonchev–Trinajstić information content (AvgIpc) is 2.83. The minimum Gasteiger partial charge on any atom is -0.373 e. The Hall–Kier alpha value is -1.06. The van der Waals surface area contributed by atoms with Gasteiger partial charge in [-0.2, -0.15) is 4.80 Å². The maximum absolute atomic E-state index is 11.8. The standard InChI is InChI=1S/C13H25N5O3S/c1-10-8-17(9-11(2)21-10)6-7-18-15-12(14-16-18)13(3,4)22(5,19)20/h10-11H,6-9H2,1-5H3. The van der Waals surface area contributed by atoms with Crippen LogP contribution in [0, 0.1) is 0 Å². The van der Waals surface area contributed by atoms with Crippen LogP contribution in [0.15, 0.2) is 0 Å². The molecule has 2 unspecified atom stereocenters. The number of tetrazole rings is 1. The Morgan fingerprint density at radius 2 is 1.82 bits per heavy atom. The Balaban J connectivity index is 1.98. The van der Waals surface area contributed by atoms with Crippen LogP contribution in [-0.2, 0) is 25.9 Å². The van der Waals surface area contributed by atoms with Gasteiger partial charge in [-0.25, -0.2) is 8.42 Å². The molecule has 1 aliphatic heterocycles. The summed E-state index contributed by atoms with van der Waals surface area (Å²) in [5.74, 6) is 0.235. The molecule has 0 radical (unpaired) electrons. The van der Waals surface area contributed by atoms with E-state index in [1.807, 2.05) is 0 Å². The van der Waals surface area contributed by atoms with Crippen LogP contribution in [0.5, 0.6) is 0 Å². The number of hydrogen-bond acceptors (Lipinski definition) is 7. The predicted molar refractivity (Wildman–Crippen MR) is 82.1 cm³/mol. The molecular formula is C13H25N5O3S. The third-order valence-electron chi connectivity index (χ3n) is 4.03. The lowest BCUT2D eigenvalue weighted by Gasteiger charge is -2.35. The van der Waals surface area contributed by atoms with E-state index in [0.717, 1.165) is 19.6 Å². The normalized spacial score (nSPS) is 24.6. The number of aromatic nitrogens is 4. The van der Waals surface area contributed by atoms with Gasteiger partial charge in [0.2, 0.25) is 0 Å². The SMILES string of the molecule is CC1CN(CCn2nnc(C(C)(C)S(C)(=O)=O)n2)CC(C)O1. The van der Waals surface area contributed by atoms with Gasteiger partial charge in [0.15, 0.2) is 15.7 Å². The van der Waals surface area contributed by atoms with Crippen molar-refractivity contribution >= 4 is 9.84 Å². The molecule has 0 saturated carbocycles. The molecule has 2 rings (SSSR count). The second kappa shape index (κ2) is 6.21. The summed E-state index contributed by atoms with van der Waals surface area (Å²) in [7, 11) is -3.30. The van der Waals surface area contributed by atoms with Crippen LogP contribution in [0.1, 0.15) is 33.5 Å². The first-order valence-electron chi connectivity index (χ1n) is 7.45. The number of nitrogens with zero attached hydrogens (tertiary/aromatic N) is 5. The van der Waals surface area contributed by atoms with Gasteiger partial charge in [0.1, 0.15) is 4.75 Å². The van der Waals surface area contributed by atoms with Crippen molar-refractivity contribution in [3.05, 3.63) is 5.82 Å². The lowest BCUT2D eigenvalue weighted by molar-refractivity contribution is -0.0689. The minimum absolute atomic E-state index is 0.215. The highest BCUT2D eigenvalue weighted by Crippen LogP contribution is 2.24. The fourth-order valence-corrected chi connectivity index (χ4v) is 2.86. The van der Waals surface area contributed by atoms with Gasteiger partial charge in [0, 0.05) is 25.9 Å². The summed E-state index contributed by atoms with van der Waals surface area (Å²) in [6, 6.07) is 0. The van der Waals surface area contributed by atoms with E-state index in [0.29, 0.717) is 6.54 Å². The second-order valence-electron chi connectivity index (χ2n) is 6.51. The molecule has 0 bridgehead atoms. The largest absolute Gasteiger partial charge is 0.373 e. The van der Waals surface area contributed by atoms with Crippen LogP contribution in [0.4, 0.5) is 0 Å². The van der Waals surface area contributed by atoms with E-state index in [2.05, 4.69) is 34.2 Å². The Labute approximate surface area is 131 Å². The van der Waals surface area contributed by atoms with Crippen LogP contribution < -0.4 is 0 Å². The van der Waals surface area contributed by atoms with E-state index in [-0.39, 0.29) is 18.0 Å². The zero-order chi connectivity index (χ0) is 16.5. The van der Waals surface area contributed by atoms with Crippen LogP contribution >= 0.6 is 0 Å². The first-order valence-corrected chi connectivity index (χ1v) is 9.34. The molecule has 0 N–H and O–H groups in total. The number of ether oxygens (including phenoxy) is 1. The minimum atomic E-state index is -3.30. The Kier molecular flexibility index (Phi) is 4.88. The van der Waals surface area contributed by atoms with Crippen molar-refractivity contribution in [1.29, 1.82) is 0 Å². The Morgan fingerprint density at radius 1 is 1.23 bits per heavy atom. The van der Waals surface area contributed by atoms with Crippen LogP contribution in [0.2, 0.25) is 0 Å². The molecule has 0 spiro atoms. The molecule has 1 aliphatic rings. The molecule has 0 aromatic carbocycles. The summed E-state index contributed by atoms with van der Waals surface area (Å²) in [5.41, 5.74) is 0. The molecule has 1 aromatic heterocycles. The van der Waals surface area contributed by atoms with Gasteiger partial charge in [-0.3, -0.25) is 4.90 Å². The predicted octanol–water partition coefficient (Wildman–Crippen LogP) is 0.0620. The third-order valence-corrected chi connectivity index (χ3v) is 6.07. The highest BCUT2D eigenvalue weighted by atomic mass is 32.2. The topological polar surface area (TPSA) is 90.2 Å². The maximum atomic E-state index is 11.8. The maximum Gasteiger partial charge on any atom is 0.195 e. The van der Waals surface area contributed by atoms with Crippen molar-refractivity contribution < 1.29 is 13.2 Å². The molecule has 8 nitrogen and oxygen atoms in total. The number of hydrogen-bond donors (Lipinski definition) is 0. The molecule has 0 aliphatic carbocycles. The molecule has 1 aromatic rings. The van der Waals surface area contributed by atoms with E-state index in [4.69, 9.17) is 4.74 Å². The zero-order valence-electron chi connectivity index (χ0n) is 13.9. The van der Waals surface area contributed by atoms with Crippen LogP contribution in [0.3, 0.4) is 0 Å². The first kappa shape index (κ1) is 17.3. The molecule has 1 fully saturated rings. The lowest BCUT2D eigenvalue weighted by atomic mass is 10.2. The zero-order valence-corrected chi connectivity index (χ0v) is 14.7. The smallest absolute Gasteiger partial charge is 0.195 e. The molecular weight excluding hydrogens is 306 g/mol. The Bertz CT molecular complexity index is 603. The van der Waals surface area contributed by atoms with Gasteiger partial charge >= 0.3 is 0 Å².